The molecular weight excluding hydrogens is 180 g/mol. The van der Waals surface area contributed by atoms with Gasteiger partial charge in [0.2, 0.25) is 0 Å². The van der Waals surface area contributed by atoms with Gasteiger partial charge in [-0.2, -0.15) is 0 Å². The molecule has 0 aliphatic heterocycles. The van der Waals surface area contributed by atoms with Crippen LogP contribution in [0.1, 0.15) is 11.1 Å². The van der Waals surface area contributed by atoms with Crippen molar-refractivity contribution in [1.29, 1.82) is 0 Å². The van der Waals surface area contributed by atoms with Gasteiger partial charge in [0.15, 0.2) is 0 Å². The van der Waals surface area contributed by atoms with Crippen molar-refractivity contribution in [2.75, 3.05) is 13.2 Å². The Kier molecular flexibility index (Phi) is 3.92. The minimum absolute atomic E-state index is 0.126. The number of aliphatic hydroxyl groups excluding tert-OH is 2. The molecule has 78 valence electrons. The summed E-state index contributed by atoms with van der Waals surface area (Å²) in [4.78, 5) is 0. The lowest BCUT2D eigenvalue weighted by atomic mass is 10.1. The maximum absolute atomic E-state index is 9.10. The molecule has 1 atom stereocenters. The van der Waals surface area contributed by atoms with Gasteiger partial charge in [0, 0.05) is 0 Å². The van der Waals surface area contributed by atoms with Crippen LogP contribution in [0.2, 0.25) is 0 Å². The van der Waals surface area contributed by atoms with E-state index in [-0.39, 0.29) is 13.2 Å². The highest BCUT2D eigenvalue weighted by Gasteiger charge is 2.05. The van der Waals surface area contributed by atoms with Gasteiger partial charge in [-0.3, -0.25) is 0 Å². The largest absolute Gasteiger partial charge is 0.491 e. The van der Waals surface area contributed by atoms with Gasteiger partial charge in [-0.25, -0.2) is 0 Å². The van der Waals surface area contributed by atoms with Crippen molar-refractivity contribution in [1.82, 2.24) is 0 Å². The summed E-state index contributed by atoms with van der Waals surface area (Å²) >= 11 is 0. The predicted octanol–water partition coefficient (Wildman–Crippen LogP) is 1.04. The Morgan fingerprint density at radius 1 is 1.36 bits per heavy atom. The Hall–Kier alpha value is -1.06. The van der Waals surface area contributed by atoms with Crippen LogP contribution < -0.4 is 4.74 Å². The second-order valence-corrected chi connectivity index (χ2v) is 3.35. The van der Waals surface area contributed by atoms with Crippen molar-refractivity contribution < 1.29 is 14.9 Å². The molecule has 3 heteroatoms. The quantitative estimate of drug-likeness (QED) is 0.756. The van der Waals surface area contributed by atoms with Crippen molar-refractivity contribution in [3.8, 4) is 5.75 Å². The lowest BCUT2D eigenvalue weighted by molar-refractivity contribution is 0.0534. The van der Waals surface area contributed by atoms with Gasteiger partial charge in [0.25, 0.3) is 0 Å². The Morgan fingerprint density at radius 2 is 2.07 bits per heavy atom. The molecular formula is C11H16O3. The number of hydrogen-bond donors (Lipinski definition) is 2. The lowest BCUT2D eigenvalue weighted by Gasteiger charge is -2.12. The topological polar surface area (TPSA) is 49.7 Å². The van der Waals surface area contributed by atoms with E-state index in [0.717, 1.165) is 16.9 Å². The summed E-state index contributed by atoms with van der Waals surface area (Å²) in [6.45, 7) is 3.83. The summed E-state index contributed by atoms with van der Waals surface area (Å²) < 4.78 is 5.36. The summed E-state index contributed by atoms with van der Waals surface area (Å²) in [5, 5.41) is 17.7. The first-order chi connectivity index (χ1) is 6.65. The van der Waals surface area contributed by atoms with Gasteiger partial charge in [-0.1, -0.05) is 12.1 Å². The number of rotatable bonds is 4. The highest BCUT2D eigenvalue weighted by Crippen LogP contribution is 2.20. The lowest BCUT2D eigenvalue weighted by Crippen LogP contribution is -2.21. The van der Waals surface area contributed by atoms with E-state index in [0.29, 0.717) is 0 Å². The fraction of sp³-hybridized carbons (Fsp3) is 0.455. The van der Waals surface area contributed by atoms with Crippen LogP contribution in [0.4, 0.5) is 0 Å². The Bertz CT molecular complexity index is 297. The standard InChI is InChI=1S/C11H16O3/c1-8-4-3-5-11(9(8)2)14-7-10(13)6-12/h3-5,10,12-13H,6-7H2,1-2H3/t10-/m1/s1. The van der Waals surface area contributed by atoms with Crippen LogP contribution >= 0.6 is 0 Å². The Labute approximate surface area is 84.0 Å². The maximum Gasteiger partial charge on any atom is 0.122 e. The molecule has 0 spiro atoms. The third-order valence-corrected chi connectivity index (χ3v) is 2.20. The molecule has 3 nitrogen and oxygen atoms in total. The first-order valence-electron chi connectivity index (χ1n) is 4.63. The molecule has 0 heterocycles. The third-order valence-electron chi connectivity index (χ3n) is 2.20. The van der Waals surface area contributed by atoms with Crippen LogP contribution in [0.25, 0.3) is 0 Å². The van der Waals surface area contributed by atoms with Gasteiger partial charge in [-0.05, 0) is 31.0 Å². The van der Waals surface area contributed by atoms with E-state index < -0.39 is 6.10 Å². The molecule has 2 N–H and O–H groups in total. The molecule has 0 saturated carbocycles. The predicted molar refractivity (Wildman–Crippen MR) is 54.5 cm³/mol. The van der Waals surface area contributed by atoms with E-state index in [1.54, 1.807) is 0 Å². The van der Waals surface area contributed by atoms with Crippen LogP contribution in [-0.4, -0.2) is 29.5 Å². The second-order valence-electron chi connectivity index (χ2n) is 3.35. The van der Waals surface area contributed by atoms with Gasteiger partial charge < -0.3 is 14.9 Å². The first-order valence-corrected chi connectivity index (χ1v) is 4.63. The zero-order valence-corrected chi connectivity index (χ0v) is 8.53. The summed E-state index contributed by atoms with van der Waals surface area (Å²) in [5.41, 5.74) is 2.22. The number of aryl methyl sites for hydroxylation is 1. The molecule has 0 aliphatic rings. The van der Waals surface area contributed by atoms with Crippen LogP contribution in [-0.2, 0) is 0 Å². The van der Waals surface area contributed by atoms with Crippen LogP contribution in [0.15, 0.2) is 18.2 Å². The molecule has 0 amide bonds. The zero-order valence-electron chi connectivity index (χ0n) is 8.53. The Balaban J connectivity index is 2.63. The highest BCUT2D eigenvalue weighted by molar-refractivity contribution is 5.38. The van der Waals surface area contributed by atoms with E-state index in [1.807, 2.05) is 32.0 Å². The number of hydrogen-bond acceptors (Lipinski definition) is 3. The monoisotopic (exact) mass is 196 g/mol. The van der Waals surface area contributed by atoms with E-state index in [2.05, 4.69) is 0 Å². The van der Waals surface area contributed by atoms with Crippen LogP contribution in [0, 0.1) is 13.8 Å². The number of benzene rings is 1. The molecule has 1 aromatic rings. The van der Waals surface area contributed by atoms with E-state index >= 15 is 0 Å². The molecule has 0 fully saturated rings. The third kappa shape index (κ3) is 2.72. The molecule has 14 heavy (non-hydrogen) atoms. The van der Waals surface area contributed by atoms with E-state index in [1.165, 1.54) is 0 Å². The molecule has 0 unspecified atom stereocenters. The van der Waals surface area contributed by atoms with Crippen molar-refractivity contribution in [3.05, 3.63) is 29.3 Å². The van der Waals surface area contributed by atoms with Crippen molar-refractivity contribution in [2.45, 2.75) is 20.0 Å². The molecule has 1 aromatic carbocycles. The van der Waals surface area contributed by atoms with Gasteiger partial charge in [0.05, 0.1) is 6.61 Å². The van der Waals surface area contributed by atoms with Gasteiger partial charge in [0.1, 0.15) is 18.5 Å². The van der Waals surface area contributed by atoms with Crippen molar-refractivity contribution in [2.24, 2.45) is 0 Å². The van der Waals surface area contributed by atoms with Crippen LogP contribution in [0.3, 0.4) is 0 Å². The summed E-state index contributed by atoms with van der Waals surface area (Å²) in [6, 6.07) is 5.76. The minimum atomic E-state index is -0.810. The molecule has 1 rings (SSSR count). The maximum atomic E-state index is 9.10. The van der Waals surface area contributed by atoms with Crippen molar-refractivity contribution in [3.63, 3.8) is 0 Å². The average Bonchev–Trinajstić information content (AvgIpc) is 2.20. The smallest absolute Gasteiger partial charge is 0.122 e. The Morgan fingerprint density at radius 3 is 2.71 bits per heavy atom. The molecule has 0 aromatic heterocycles. The van der Waals surface area contributed by atoms with E-state index in [4.69, 9.17) is 14.9 Å². The van der Waals surface area contributed by atoms with E-state index in [9.17, 15) is 0 Å². The summed E-state index contributed by atoms with van der Waals surface area (Å²) in [5.74, 6) is 0.762. The fourth-order valence-electron chi connectivity index (χ4n) is 1.12. The van der Waals surface area contributed by atoms with Gasteiger partial charge in [-0.15, -0.1) is 0 Å². The number of ether oxygens (including phenoxy) is 1. The minimum Gasteiger partial charge on any atom is -0.491 e. The SMILES string of the molecule is Cc1cccc(OC[C@H](O)CO)c1C. The molecule has 0 radical (unpaired) electrons. The highest BCUT2D eigenvalue weighted by atomic mass is 16.5. The van der Waals surface area contributed by atoms with Gasteiger partial charge >= 0.3 is 0 Å². The molecule has 0 aliphatic carbocycles. The molecule has 0 saturated heterocycles. The number of aliphatic hydroxyl groups is 2. The molecule has 0 bridgehead atoms. The van der Waals surface area contributed by atoms with Crippen molar-refractivity contribution >= 4 is 0 Å². The fourth-order valence-corrected chi connectivity index (χ4v) is 1.12. The van der Waals surface area contributed by atoms with Crippen LogP contribution in [0.5, 0.6) is 5.75 Å². The zero-order chi connectivity index (χ0) is 10.6. The second kappa shape index (κ2) is 4.98. The normalized spacial score (nSPS) is 12.6. The summed E-state index contributed by atoms with van der Waals surface area (Å²) in [6.07, 6.45) is -0.810. The first kappa shape index (κ1) is 11.0. The summed E-state index contributed by atoms with van der Waals surface area (Å²) in [7, 11) is 0. The average molecular weight is 196 g/mol.